The number of aryl methyl sites for hydroxylation is 2. The van der Waals surface area contributed by atoms with Gasteiger partial charge in [0.25, 0.3) is 0 Å². The fourth-order valence-corrected chi connectivity index (χ4v) is 4.06. The molecule has 0 aliphatic heterocycles. The van der Waals surface area contributed by atoms with Gasteiger partial charge in [0.1, 0.15) is 10.1 Å². The van der Waals surface area contributed by atoms with Crippen LogP contribution in [-0.2, 0) is 12.8 Å². The van der Waals surface area contributed by atoms with Crippen molar-refractivity contribution in [1.29, 1.82) is 0 Å². The number of thiophene rings is 1. The van der Waals surface area contributed by atoms with Gasteiger partial charge in [-0.25, -0.2) is 0 Å². The molecule has 0 bridgehead atoms. The first-order valence-electron chi connectivity index (χ1n) is 6.86. The maximum atomic E-state index is 12.1. The summed E-state index contributed by atoms with van der Waals surface area (Å²) in [6, 6.07) is 7.67. The van der Waals surface area contributed by atoms with E-state index in [0.29, 0.717) is 14.2 Å². The molecule has 0 atom stereocenters. The molecule has 0 saturated carbocycles. The summed E-state index contributed by atoms with van der Waals surface area (Å²) >= 11 is 13.0. The van der Waals surface area contributed by atoms with Crippen molar-refractivity contribution in [3.05, 3.63) is 49.6 Å². The van der Waals surface area contributed by atoms with Gasteiger partial charge in [-0.05, 0) is 55.0 Å². The highest BCUT2D eigenvalue weighted by molar-refractivity contribution is 7.20. The van der Waals surface area contributed by atoms with Crippen LogP contribution in [0, 0.1) is 0 Å². The van der Waals surface area contributed by atoms with E-state index in [4.69, 9.17) is 27.9 Å². The summed E-state index contributed by atoms with van der Waals surface area (Å²) in [7, 11) is 0. The van der Waals surface area contributed by atoms with Gasteiger partial charge in [-0.15, -0.1) is 11.3 Å². The first-order chi connectivity index (χ1) is 10.1. The Labute approximate surface area is 137 Å². The summed E-state index contributed by atoms with van der Waals surface area (Å²) in [6.07, 6.45) is 4.70. The van der Waals surface area contributed by atoms with E-state index in [0.717, 1.165) is 18.6 Å². The minimum Gasteiger partial charge on any atom is -0.485 e. The molecule has 0 N–H and O–H groups in total. The molecule has 5 heteroatoms. The first-order valence-corrected chi connectivity index (χ1v) is 8.43. The topological polar surface area (TPSA) is 26.3 Å². The van der Waals surface area contributed by atoms with Crippen molar-refractivity contribution in [2.75, 3.05) is 6.61 Å². The zero-order valence-corrected chi connectivity index (χ0v) is 13.7. The molecule has 0 saturated heterocycles. The highest BCUT2D eigenvalue weighted by atomic mass is 35.5. The Hall–Kier alpha value is -1.03. The zero-order chi connectivity index (χ0) is 14.8. The van der Waals surface area contributed by atoms with Crippen molar-refractivity contribution in [2.45, 2.75) is 25.7 Å². The molecular formula is C16H14Cl2O2S. The highest BCUT2D eigenvalue weighted by Crippen LogP contribution is 2.31. The van der Waals surface area contributed by atoms with Gasteiger partial charge in [0.2, 0.25) is 5.78 Å². The Morgan fingerprint density at radius 2 is 1.90 bits per heavy atom. The highest BCUT2D eigenvalue weighted by Gasteiger charge is 2.15. The van der Waals surface area contributed by atoms with Gasteiger partial charge < -0.3 is 4.74 Å². The molecule has 2 nitrogen and oxygen atoms in total. The molecule has 0 amide bonds. The molecule has 110 valence electrons. The molecular weight excluding hydrogens is 327 g/mol. The number of ether oxygens (including phenoxy) is 1. The lowest BCUT2D eigenvalue weighted by Crippen LogP contribution is -2.12. The molecule has 3 rings (SSSR count). The number of rotatable bonds is 4. The second-order valence-corrected chi connectivity index (χ2v) is 7.37. The number of carbonyl (C=O) groups is 1. The van der Waals surface area contributed by atoms with E-state index in [9.17, 15) is 4.79 Å². The molecule has 1 aliphatic rings. The van der Waals surface area contributed by atoms with Crippen LogP contribution in [-0.4, -0.2) is 12.4 Å². The quantitative estimate of drug-likeness (QED) is 0.715. The van der Waals surface area contributed by atoms with Gasteiger partial charge in [0.05, 0.1) is 9.90 Å². The van der Waals surface area contributed by atoms with Crippen LogP contribution in [0.15, 0.2) is 24.3 Å². The molecule has 1 heterocycles. The summed E-state index contributed by atoms with van der Waals surface area (Å²) in [5.74, 6) is 0.585. The first kappa shape index (κ1) is 14.9. The van der Waals surface area contributed by atoms with E-state index in [1.54, 1.807) is 6.07 Å². The Kier molecular flexibility index (Phi) is 4.53. The number of carbonyl (C=O) groups excluding carboxylic acids is 1. The standard InChI is InChI=1S/C16H14Cl2O2S/c17-15-8-13(16(18)21-15)14(19)9-20-12-6-5-10-3-1-2-4-11(10)7-12/h5-8H,1-4,9H2. The van der Waals surface area contributed by atoms with Crippen LogP contribution in [0.3, 0.4) is 0 Å². The van der Waals surface area contributed by atoms with Crippen LogP contribution in [0.1, 0.15) is 34.3 Å². The van der Waals surface area contributed by atoms with Crippen molar-refractivity contribution >= 4 is 40.3 Å². The largest absolute Gasteiger partial charge is 0.485 e. The van der Waals surface area contributed by atoms with E-state index in [-0.39, 0.29) is 12.4 Å². The lowest BCUT2D eigenvalue weighted by Gasteiger charge is -2.16. The summed E-state index contributed by atoms with van der Waals surface area (Å²) in [6.45, 7) is -0.0223. The van der Waals surface area contributed by atoms with Crippen molar-refractivity contribution in [3.8, 4) is 5.75 Å². The summed E-state index contributed by atoms with van der Waals surface area (Å²) in [4.78, 5) is 12.1. The van der Waals surface area contributed by atoms with Crippen LogP contribution in [0.5, 0.6) is 5.75 Å². The van der Waals surface area contributed by atoms with Gasteiger partial charge in [-0.3, -0.25) is 4.79 Å². The van der Waals surface area contributed by atoms with Gasteiger partial charge >= 0.3 is 0 Å². The van der Waals surface area contributed by atoms with E-state index >= 15 is 0 Å². The average molecular weight is 341 g/mol. The Morgan fingerprint density at radius 1 is 1.14 bits per heavy atom. The van der Waals surface area contributed by atoms with Gasteiger partial charge in [-0.2, -0.15) is 0 Å². The number of benzene rings is 1. The minimum atomic E-state index is -0.152. The third-order valence-corrected chi connectivity index (χ3v) is 5.13. The number of ketones is 1. The predicted octanol–water partition coefficient (Wildman–Crippen LogP) is 5.20. The molecule has 0 unspecified atom stereocenters. The minimum absolute atomic E-state index is 0.0223. The fourth-order valence-electron chi connectivity index (χ4n) is 2.56. The lowest BCUT2D eigenvalue weighted by atomic mass is 9.92. The van der Waals surface area contributed by atoms with Crippen LogP contribution in [0.25, 0.3) is 0 Å². The molecule has 21 heavy (non-hydrogen) atoms. The van der Waals surface area contributed by atoms with E-state index in [2.05, 4.69) is 6.07 Å². The van der Waals surface area contributed by atoms with Crippen LogP contribution >= 0.6 is 34.5 Å². The van der Waals surface area contributed by atoms with Crippen molar-refractivity contribution in [1.82, 2.24) is 0 Å². The Balaban J connectivity index is 1.67. The maximum Gasteiger partial charge on any atom is 0.202 e. The van der Waals surface area contributed by atoms with E-state index in [1.165, 1.54) is 35.3 Å². The molecule has 1 aromatic heterocycles. The number of hydrogen-bond acceptors (Lipinski definition) is 3. The number of Topliss-reactive ketones (excluding diaryl/α,β-unsaturated/α-hetero) is 1. The SMILES string of the molecule is O=C(COc1ccc2c(c1)CCCC2)c1cc(Cl)sc1Cl. The van der Waals surface area contributed by atoms with E-state index in [1.807, 2.05) is 12.1 Å². The monoisotopic (exact) mass is 340 g/mol. The Morgan fingerprint density at radius 3 is 2.62 bits per heavy atom. The third-order valence-electron chi connectivity index (χ3n) is 3.65. The average Bonchev–Trinajstić information content (AvgIpc) is 2.83. The zero-order valence-electron chi connectivity index (χ0n) is 11.3. The second kappa shape index (κ2) is 6.39. The van der Waals surface area contributed by atoms with E-state index < -0.39 is 0 Å². The van der Waals surface area contributed by atoms with Crippen LogP contribution in [0.4, 0.5) is 0 Å². The number of hydrogen-bond donors (Lipinski definition) is 0. The van der Waals surface area contributed by atoms with Crippen molar-refractivity contribution < 1.29 is 9.53 Å². The van der Waals surface area contributed by atoms with Crippen LogP contribution in [0.2, 0.25) is 8.67 Å². The molecule has 1 aliphatic carbocycles. The molecule has 0 fully saturated rings. The molecule has 0 radical (unpaired) electrons. The fraction of sp³-hybridized carbons (Fsp3) is 0.312. The normalized spacial score (nSPS) is 13.8. The number of fused-ring (bicyclic) bond motifs is 1. The number of halogens is 2. The van der Waals surface area contributed by atoms with Gasteiger partial charge in [0, 0.05) is 0 Å². The van der Waals surface area contributed by atoms with Crippen LogP contribution < -0.4 is 4.74 Å². The van der Waals surface area contributed by atoms with Crippen molar-refractivity contribution in [3.63, 3.8) is 0 Å². The lowest BCUT2D eigenvalue weighted by molar-refractivity contribution is 0.0922. The Bertz CT molecular complexity index is 679. The second-order valence-electron chi connectivity index (χ2n) is 5.09. The summed E-state index contributed by atoms with van der Waals surface area (Å²) in [5, 5.41) is 0. The third kappa shape index (κ3) is 3.42. The van der Waals surface area contributed by atoms with Gasteiger partial charge in [0.15, 0.2) is 6.61 Å². The molecule has 1 aromatic carbocycles. The smallest absolute Gasteiger partial charge is 0.202 e. The predicted molar refractivity (Wildman–Crippen MR) is 87.2 cm³/mol. The summed E-state index contributed by atoms with van der Waals surface area (Å²) in [5.41, 5.74) is 3.17. The van der Waals surface area contributed by atoms with Crippen molar-refractivity contribution in [2.24, 2.45) is 0 Å². The maximum absolute atomic E-state index is 12.1. The molecule has 0 spiro atoms. The van der Waals surface area contributed by atoms with Gasteiger partial charge in [-0.1, -0.05) is 29.3 Å². The molecule has 2 aromatic rings. The summed E-state index contributed by atoms with van der Waals surface area (Å²) < 4.78 is 6.53.